The minimum atomic E-state index is -5.28. The zero-order valence-electron chi connectivity index (χ0n) is 8.82. The van der Waals surface area contributed by atoms with Gasteiger partial charge in [0.05, 0.1) is 20.0 Å². The summed E-state index contributed by atoms with van der Waals surface area (Å²) in [6, 6.07) is 0. The van der Waals surface area contributed by atoms with Gasteiger partial charge in [-0.05, 0) is 0 Å². The zero-order valence-corrected chi connectivity index (χ0v) is 11.8. The van der Waals surface area contributed by atoms with Gasteiger partial charge in [-0.25, -0.2) is 0 Å². The minimum Gasteiger partial charge on any atom is -0.311 e. The van der Waals surface area contributed by atoms with Gasteiger partial charge in [-0.15, -0.1) is 0 Å². The van der Waals surface area contributed by atoms with Crippen molar-refractivity contribution in [2.24, 2.45) is 0 Å². The predicted molar refractivity (Wildman–Crippen MR) is 67.8 cm³/mol. The number of hydrogen-bond donors (Lipinski definition) is 1. The van der Waals surface area contributed by atoms with Gasteiger partial charge in [-0.3, -0.25) is 14.9 Å². The highest BCUT2D eigenvalue weighted by Crippen LogP contribution is 2.48. The molecule has 0 aromatic heterocycles. The third kappa shape index (κ3) is 3.20. The van der Waals surface area contributed by atoms with Crippen LogP contribution in [0.3, 0.4) is 0 Å². The summed E-state index contributed by atoms with van der Waals surface area (Å²) in [6.07, 6.45) is -5.28. The fourth-order valence-electron chi connectivity index (χ4n) is 1.09. The molecule has 12 heteroatoms. The van der Waals surface area contributed by atoms with Crippen LogP contribution in [0, 0.1) is 10.1 Å². The number of rotatable bonds is 2. The molecule has 0 aliphatic heterocycles. The molecule has 1 aromatic rings. The van der Waals surface area contributed by atoms with Gasteiger partial charge in [0.25, 0.3) is 0 Å². The van der Waals surface area contributed by atoms with Gasteiger partial charge in [-0.2, -0.15) is 13.2 Å². The highest BCUT2D eigenvalue weighted by Gasteiger charge is 2.41. The highest BCUT2D eigenvalue weighted by molar-refractivity contribution is 6.54. The molecule has 0 aliphatic rings. The van der Waals surface area contributed by atoms with Gasteiger partial charge >= 0.3 is 17.8 Å². The van der Waals surface area contributed by atoms with E-state index in [1.165, 1.54) is 5.32 Å². The summed E-state index contributed by atoms with van der Waals surface area (Å²) in [5.41, 5.74) is -2.08. The normalized spacial score (nSPS) is 11.3. The molecule has 1 N–H and O–H groups in total. The van der Waals surface area contributed by atoms with Gasteiger partial charge in [0, 0.05) is 0 Å². The summed E-state index contributed by atoms with van der Waals surface area (Å²) in [4.78, 5) is 20.5. The molecule has 0 atom stereocenters. The molecule has 0 radical (unpaired) electrons. The van der Waals surface area contributed by atoms with E-state index in [1.54, 1.807) is 0 Å². The number of anilines is 1. The molecule has 0 fully saturated rings. The molecule has 20 heavy (non-hydrogen) atoms. The average Bonchev–Trinajstić information content (AvgIpc) is 2.31. The summed E-state index contributed by atoms with van der Waals surface area (Å²) in [5, 5.41) is 9.54. The molecule has 1 amide bonds. The monoisotopic (exact) mass is 370 g/mol. The molecule has 1 rings (SSSR count). The van der Waals surface area contributed by atoms with Gasteiger partial charge in [0.1, 0.15) is 10.7 Å². The molecule has 0 saturated heterocycles. The molecule has 5 nitrogen and oxygen atoms in total. The van der Waals surface area contributed by atoms with Crippen LogP contribution < -0.4 is 5.32 Å². The Balaban J connectivity index is 3.53. The fourth-order valence-corrected chi connectivity index (χ4v) is 2.05. The quantitative estimate of drug-likeness (QED) is 0.354. The molecule has 0 spiro atoms. The molecular weight excluding hydrogens is 371 g/mol. The Hall–Kier alpha value is -0.960. The van der Waals surface area contributed by atoms with E-state index in [-0.39, 0.29) is 0 Å². The molecule has 0 aliphatic carbocycles. The maximum Gasteiger partial charge on any atom is 0.471 e. The summed E-state index contributed by atoms with van der Waals surface area (Å²) < 4.78 is 36.5. The Morgan fingerprint density at radius 1 is 1.05 bits per heavy atom. The van der Waals surface area contributed by atoms with E-state index in [9.17, 15) is 28.1 Å². The van der Waals surface area contributed by atoms with Crippen molar-refractivity contribution < 1.29 is 22.9 Å². The highest BCUT2D eigenvalue weighted by atomic mass is 35.5. The Labute approximate surface area is 128 Å². The fraction of sp³-hybridized carbons (Fsp3) is 0.125. The van der Waals surface area contributed by atoms with Crippen molar-refractivity contribution in [1.29, 1.82) is 0 Å². The van der Waals surface area contributed by atoms with Crippen molar-refractivity contribution in [2.75, 3.05) is 5.32 Å². The first kappa shape index (κ1) is 17.1. The smallest absolute Gasteiger partial charge is 0.311 e. The van der Waals surface area contributed by atoms with E-state index in [4.69, 9.17) is 46.4 Å². The van der Waals surface area contributed by atoms with Crippen molar-refractivity contribution in [3.63, 3.8) is 0 Å². The topological polar surface area (TPSA) is 72.2 Å². The first-order chi connectivity index (χ1) is 8.98. The molecule has 110 valence electrons. The lowest BCUT2D eigenvalue weighted by Gasteiger charge is -2.12. The van der Waals surface area contributed by atoms with Crippen molar-refractivity contribution in [3.05, 3.63) is 30.2 Å². The second-order valence-corrected chi connectivity index (χ2v) is 4.70. The second kappa shape index (κ2) is 5.80. The molecular formula is C8HCl4F3N2O3. The first-order valence-corrected chi connectivity index (χ1v) is 5.88. The van der Waals surface area contributed by atoms with Gasteiger partial charge in [0.2, 0.25) is 0 Å². The lowest BCUT2D eigenvalue weighted by atomic mass is 10.2. The number of nitrogens with zero attached hydrogens (tertiary/aromatic N) is 1. The van der Waals surface area contributed by atoms with E-state index in [0.717, 1.165) is 0 Å². The minimum absolute atomic E-state index is 0.518. The maximum atomic E-state index is 12.2. The zero-order chi connectivity index (χ0) is 15.8. The number of hydrogen-bond acceptors (Lipinski definition) is 3. The van der Waals surface area contributed by atoms with Crippen LogP contribution in [0.25, 0.3) is 0 Å². The Morgan fingerprint density at radius 2 is 1.50 bits per heavy atom. The second-order valence-electron chi connectivity index (χ2n) is 3.19. The van der Waals surface area contributed by atoms with Crippen LogP contribution in [0.15, 0.2) is 0 Å². The standard InChI is InChI=1S/C8HCl4F3N2O3/c9-1-2(10)4(12)6(17(19)20)5(3(1)11)16-7(18)8(13,14)15/h(H,16,18). The number of amides is 1. The molecule has 1 aromatic carbocycles. The summed E-state index contributed by atoms with van der Waals surface area (Å²) in [5.74, 6) is -2.48. The van der Waals surface area contributed by atoms with Crippen LogP contribution in [0.2, 0.25) is 20.1 Å². The SMILES string of the molecule is O=C(Nc1c(Cl)c(Cl)c(Cl)c(Cl)c1[N+](=O)[O-])C(F)(F)F. The summed E-state index contributed by atoms with van der Waals surface area (Å²) in [7, 11) is 0. The van der Waals surface area contributed by atoms with Crippen molar-refractivity contribution in [3.8, 4) is 0 Å². The molecule has 0 bridgehead atoms. The van der Waals surface area contributed by atoms with Crippen LogP contribution in [-0.2, 0) is 4.79 Å². The van der Waals surface area contributed by atoms with Crippen molar-refractivity contribution in [1.82, 2.24) is 0 Å². The third-order valence-corrected chi connectivity index (χ3v) is 3.71. The predicted octanol–water partition coefficient (Wildman–Crippen LogP) is 4.71. The number of alkyl halides is 3. The van der Waals surface area contributed by atoms with Gasteiger partial charge in [-0.1, -0.05) is 46.4 Å². The van der Waals surface area contributed by atoms with E-state index in [2.05, 4.69) is 0 Å². The molecule has 0 saturated carbocycles. The number of carbonyl (C=O) groups excluding carboxylic acids is 1. The number of nitro benzene ring substituents is 1. The molecule has 0 unspecified atom stereocenters. The van der Waals surface area contributed by atoms with Gasteiger partial charge < -0.3 is 5.32 Å². The third-order valence-electron chi connectivity index (χ3n) is 1.92. The Kier molecular flexibility index (Phi) is 4.96. The summed E-state index contributed by atoms with van der Waals surface area (Å²) in [6.45, 7) is 0. The number of nitrogens with one attached hydrogen (secondary N) is 1. The maximum absolute atomic E-state index is 12.2. The van der Waals surface area contributed by atoms with Crippen LogP contribution >= 0.6 is 46.4 Å². The Morgan fingerprint density at radius 3 is 1.90 bits per heavy atom. The van der Waals surface area contributed by atoms with Crippen LogP contribution in [0.5, 0.6) is 0 Å². The van der Waals surface area contributed by atoms with Gasteiger partial charge in [0.15, 0.2) is 0 Å². The van der Waals surface area contributed by atoms with Crippen molar-refractivity contribution >= 4 is 63.7 Å². The number of nitro groups is 1. The van der Waals surface area contributed by atoms with E-state index >= 15 is 0 Å². The van der Waals surface area contributed by atoms with E-state index in [1.807, 2.05) is 0 Å². The number of carbonyl (C=O) groups is 1. The van der Waals surface area contributed by atoms with Crippen molar-refractivity contribution in [2.45, 2.75) is 6.18 Å². The van der Waals surface area contributed by atoms with Crippen LogP contribution in [0.1, 0.15) is 0 Å². The van der Waals surface area contributed by atoms with Crippen LogP contribution in [0.4, 0.5) is 24.5 Å². The van der Waals surface area contributed by atoms with Crippen LogP contribution in [-0.4, -0.2) is 17.0 Å². The largest absolute Gasteiger partial charge is 0.471 e. The van der Waals surface area contributed by atoms with E-state index in [0.29, 0.717) is 0 Å². The number of benzene rings is 1. The average molecular weight is 372 g/mol. The lowest BCUT2D eigenvalue weighted by molar-refractivity contribution is -0.383. The lowest BCUT2D eigenvalue weighted by Crippen LogP contribution is -2.30. The summed E-state index contributed by atoms with van der Waals surface area (Å²) >= 11 is 22.2. The number of halogens is 7. The Bertz CT molecular complexity index is 606. The first-order valence-electron chi connectivity index (χ1n) is 4.37. The van der Waals surface area contributed by atoms with E-state index < -0.39 is 48.5 Å². The molecule has 0 heterocycles.